The van der Waals surface area contributed by atoms with Gasteiger partial charge in [0.15, 0.2) is 0 Å². The highest BCUT2D eigenvalue weighted by Crippen LogP contribution is 2.22. The average molecular weight is 322 g/mol. The number of nitrogens with one attached hydrogen (secondary N) is 3. The first-order chi connectivity index (χ1) is 10.6. The van der Waals surface area contributed by atoms with Crippen LogP contribution in [0, 0.1) is 0 Å². The molecular formula is C16H20ClN3O2. The smallest absolute Gasteiger partial charge is 0.237 e. The standard InChI is InChI=1S/C16H20ClN3O2/c17-10-5-7-11(8-6-10)18-15(21)9-14-16(22)20-13-4-2-1-3-12(13)19-14/h5-8,12-14,19H,1-4,9H2,(H,18,21)(H,20,22)/t12-,13-,14-/m0/s1. The summed E-state index contributed by atoms with van der Waals surface area (Å²) in [7, 11) is 0. The quantitative estimate of drug-likeness (QED) is 0.798. The Morgan fingerprint density at radius 3 is 2.59 bits per heavy atom. The van der Waals surface area contributed by atoms with Gasteiger partial charge in [-0.1, -0.05) is 24.4 Å². The molecule has 0 unspecified atom stereocenters. The monoisotopic (exact) mass is 321 g/mol. The topological polar surface area (TPSA) is 70.2 Å². The number of hydrogen-bond donors (Lipinski definition) is 3. The molecule has 0 aromatic heterocycles. The second kappa shape index (κ2) is 6.67. The van der Waals surface area contributed by atoms with Crippen molar-refractivity contribution < 1.29 is 9.59 Å². The molecule has 0 spiro atoms. The molecule has 1 heterocycles. The van der Waals surface area contributed by atoms with E-state index < -0.39 is 6.04 Å². The molecule has 1 saturated heterocycles. The van der Waals surface area contributed by atoms with Crippen molar-refractivity contribution in [2.24, 2.45) is 0 Å². The molecule has 1 aliphatic carbocycles. The van der Waals surface area contributed by atoms with Crippen molar-refractivity contribution in [1.82, 2.24) is 10.6 Å². The van der Waals surface area contributed by atoms with Crippen LogP contribution >= 0.6 is 11.6 Å². The van der Waals surface area contributed by atoms with E-state index in [9.17, 15) is 9.59 Å². The van der Waals surface area contributed by atoms with Gasteiger partial charge < -0.3 is 16.0 Å². The van der Waals surface area contributed by atoms with Gasteiger partial charge in [0.05, 0.1) is 12.5 Å². The first-order valence-corrected chi connectivity index (χ1v) is 8.11. The lowest BCUT2D eigenvalue weighted by atomic mass is 9.87. The Balaban J connectivity index is 1.56. The van der Waals surface area contributed by atoms with Gasteiger partial charge in [0, 0.05) is 22.8 Å². The minimum Gasteiger partial charge on any atom is -0.350 e. The van der Waals surface area contributed by atoms with E-state index in [2.05, 4.69) is 16.0 Å². The Labute approximate surface area is 134 Å². The van der Waals surface area contributed by atoms with Gasteiger partial charge in [-0.05, 0) is 37.1 Å². The summed E-state index contributed by atoms with van der Waals surface area (Å²) in [6.07, 6.45) is 4.55. The number of halogens is 1. The van der Waals surface area contributed by atoms with Crippen LogP contribution in [0.15, 0.2) is 24.3 Å². The van der Waals surface area contributed by atoms with Crippen molar-refractivity contribution in [3.63, 3.8) is 0 Å². The Hall–Kier alpha value is -1.59. The van der Waals surface area contributed by atoms with Crippen LogP contribution in [-0.2, 0) is 9.59 Å². The van der Waals surface area contributed by atoms with E-state index in [0.717, 1.165) is 19.3 Å². The number of amides is 2. The van der Waals surface area contributed by atoms with Crippen LogP contribution in [0.4, 0.5) is 5.69 Å². The van der Waals surface area contributed by atoms with E-state index in [1.165, 1.54) is 6.42 Å². The zero-order chi connectivity index (χ0) is 15.5. The third kappa shape index (κ3) is 3.59. The van der Waals surface area contributed by atoms with E-state index in [4.69, 9.17) is 11.6 Å². The number of carbonyl (C=O) groups excluding carboxylic acids is 2. The number of rotatable bonds is 3. The second-order valence-electron chi connectivity index (χ2n) is 5.98. The van der Waals surface area contributed by atoms with Crippen LogP contribution in [-0.4, -0.2) is 29.9 Å². The fraction of sp³-hybridized carbons (Fsp3) is 0.500. The lowest BCUT2D eigenvalue weighted by molar-refractivity contribution is -0.129. The van der Waals surface area contributed by atoms with Gasteiger partial charge in [-0.25, -0.2) is 0 Å². The number of anilines is 1. The van der Waals surface area contributed by atoms with E-state index in [0.29, 0.717) is 16.8 Å². The van der Waals surface area contributed by atoms with Crippen molar-refractivity contribution in [3.05, 3.63) is 29.3 Å². The predicted octanol–water partition coefficient (Wildman–Crippen LogP) is 2.07. The van der Waals surface area contributed by atoms with Gasteiger partial charge in [0.2, 0.25) is 11.8 Å². The number of carbonyl (C=O) groups is 2. The first-order valence-electron chi connectivity index (χ1n) is 7.73. The Morgan fingerprint density at radius 2 is 1.86 bits per heavy atom. The third-order valence-electron chi connectivity index (χ3n) is 4.34. The Kier molecular flexibility index (Phi) is 4.64. The molecule has 22 heavy (non-hydrogen) atoms. The van der Waals surface area contributed by atoms with Gasteiger partial charge >= 0.3 is 0 Å². The molecule has 0 bridgehead atoms. The minimum absolute atomic E-state index is 0.0746. The molecule has 1 aromatic carbocycles. The van der Waals surface area contributed by atoms with Crippen LogP contribution in [0.1, 0.15) is 32.1 Å². The summed E-state index contributed by atoms with van der Waals surface area (Å²) in [4.78, 5) is 24.2. The molecule has 3 atom stereocenters. The number of hydrogen-bond acceptors (Lipinski definition) is 3. The molecule has 6 heteroatoms. The Morgan fingerprint density at radius 1 is 1.18 bits per heavy atom. The molecule has 5 nitrogen and oxygen atoms in total. The van der Waals surface area contributed by atoms with Crippen LogP contribution in [0.25, 0.3) is 0 Å². The van der Waals surface area contributed by atoms with Gasteiger partial charge in [-0.15, -0.1) is 0 Å². The highest BCUT2D eigenvalue weighted by Gasteiger charge is 2.36. The SMILES string of the molecule is O=C(C[C@@H]1N[C@H]2CCCC[C@@H]2NC1=O)Nc1ccc(Cl)cc1. The van der Waals surface area contributed by atoms with Crippen molar-refractivity contribution in [1.29, 1.82) is 0 Å². The molecular weight excluding hydrogens is 302 g/mol. The van der Waals surface area contributed by atoms with Crippen LogP contribution in [0.5, 0.6) is 0 Å². The van der Waals surface area contributed by atoms with E-state index in [1.807, 2.05) is 0 Å². The minimum atomic E-state index is -0.452. The highest BCUT2D eigenvalue weighted by molar-refractivity contribution is 6.30. The third-order valence-corrected chi connectivity index (χ3v) is 4.59. The summed E-state index contributed by atoms with van der Waals surface area (Å²) in [6, 6.07) is 6.98. The maximum Gasteiger partial charge on any atom is 0.237 e. The molecule has 0 radical (unpaired) electrons. The Bertz CT molecular complexity index is 561. The fourth-order valence-corrected chi connectivity index (χ4v) is 3.33. The number of benzene rings is 1. The largest absolute Gasteiger partial charge is 0.350 e. The molecule has 118 valence electrons. The molecule has 2 fully saturated rings. The lowest BCUT2D eigenvalue weighted by Crippen LogP contribution is -2.65. The summed E-state index contributed by atoms with van der Waals surface area (Å²) < 4.78 is 0. The summed E-state index contributed by atoms with van der Waals surface area (Å²) in [5.74, 6) is -0.251. The number of fused-ring (bicyclic) bond motifs is 1. The van der Waals surface area contributed by atoms with Gasteiger partial charge in [-0.2, -0.15) is 0 Å². The summed E-state index contributed by atoms with van der Waals surface area (Å²) >= 11 is 5.81. The summed E-state index contributed by atoms with van der Waals surface area (Å²) in [5.41, 5.74) is 0.682. The molecule has 3 N–H and O–H groups in total. The number of piperazine rings is 1. The van der Waals surface area contributed by atoms with Crippen LogP contribution in [0.2, 0.25) is 5.02 Å². The maximum atomic E-state index is 12.1. The van der Waals surface area contributed by atoms with E-state index in [1.54, 1.807) is 24.3 Å². The molecule has 1 saturated carbocycles. The zero-order valence-electron chi connectivity index (χ0n) is 12.3. The molecule has 2 amide bonds. The normalized spacial score (nSPS) is 27.7. The lowest BCUT2D eigenvalue weighted by Gasteiger charge is -2.40. The van der Waals surface area contributed by atoms with Crippen molar-refractivity contribution >= 4 is 29.1 Å². The van der Waals surface area contributed by atoms with E-state index >= 15 is 0 Å². The highest BCUT2D eigenvalue weighted by atomic mass is 35.5. The van der Waals surface area contributed by atoms with Crippen LogP contribution < -0.4 is 16.0 Å². The fourth-order valence-electron chi connectivity index (χ4n) is 3.20. The average Bonchev–Trinajstić information content (AvgIpc) is 2.50. The molecule has 1 aromatic rings. The molecule has 1 aliphatic heterocycles. The van der Waals surface area contributed by atoms with Crippen molar-refractivity contribution in [2.45, 2.75) is 50.2 Å². The van der Waals surface area contributed by atoms with Crippen LogP contribution in [0.3, 0.4) is 0 Å². The van der Waals surface area contributed by atoms with Crippen molar-refractivity contribution in [3.8, 4) is 0 Å². The summed E-state index contributed by atoms with van der Waals surface area (Å²) in [5, 5.41) is 9.79. The van der Waals surface area contributed by atoms with Crippen molar-refractivity contribution in [2.75, 3.05) is 5.32 Å². The zero-order valence-corrected chi connectivity index (χ0v) is 13.0. The predicted molar refractivity (Wildman–Crippen MR) is 85.8 cm³/mol. The van der Waals surface area contributed by atoms with Gasteiger partial charge in [0.25, 0.3) is 0 Å². The first kappa shape index (κ1) is 15.3. The second-order valence-corrected chi connectivity index (χ2v) is 6.42. The summed E-state index contributed by atoms with van der Waals surface area (Å²) in [6.45, 7) is 0. The van der Waals surface area contributed by atoms with Gasteiger partial charge in [0.1, 0.15) is 0 Å². The van der Waals surface area contributed by atoms with E-state index in [-0.39, 0.29) is 24.3 Å². The molecule has 2 aliphatic rings. The maximum absolute atomic E-state index is 12.1. The molecule has 3 rings (SSSR count). The van der Waals surface area contributed by atoms with Gasteiger partial charge in [-0.3, -0.25) is 9.59 Å².